The number of aromatic nitrogens is 4. The summed E-state index contributed by atoms with van der Waals surface area (Å²) in [6.45, 7) is 0. The first-order chi connectivity index (χ1) is 16.3. The fourth-order valence-corrected chi connectivity index (χ4v) is 4.20. The van der Waals surface area contributed by atoms with E-state index in [1.807, 2.05) is 0 Å². The van der Waals surface area contributed by atoms with Crippen molar-refractivity contribution in [1.29, 1.82) is 0 Å². The molecule has 168 valence electrons. The van der Waals surface area contributed by atoms with Gasteiger partial charge in [-0.1, -0.05) is 40.9 Å². The summed E-state index contributed by atoms with van der Waals surface area (Å²) in [6, 6.07) is 17.5. The van der Waals surface area contributed by atoms with Crippen LogP contribution in [-0.2, 0) is 0 Å². The topological polar surface area (TPSA) is 95.8 Å². The quantitative estimate of drug-likeness (QED) is 0.214. The van der Waals surface area contributed by atoms with Crippen molar-refractivity contribution in [3.05, 3.63) is 109 Å². The fourth-order valence-electron chi connectivity index (χ4n) is 3.58. The predicted molar refractivity (Wildman–Crippen MR) is 132 cm³/mol. The third kappa shape index (κ3) is 3.81. The van der Waals surface area contributed by atoms with E-state index in [2.05, 4.69) is 4.98 Å². The van der Waals surface area contributed by atoms with E-state index in [0.717, 1.165) is 0 Å². The molecule has 2 heterocycles. The number of fused-ring (bicyclic) bond motifs is 1. The third-order valence-electron chi connectivity index (χ3n) is 5.15. The molecule has 0 saturated heterocycles. The Kier molecular flexibility index (Phi) is 5.57. The predicted octanol–water partition coefficient (Wildman–Crippen LogP) is 6.11. The molecule has 0 bridgehead atoms. The average molecular weight is 513 g/mol. The maximum atomic E-state index is 13.6. The molecule has 0 atom stereocenters. The molecule has 0 saturated carbocycles. The highest BCUT2D eigenvalue weighted by Gasteiger charge is 2.21. The molecule has 5 rings (SSSR count). The Balaban J connectivity index is 1.84. The van der Waals surface area contributed by atoms with Crippen molar-refractivity contribution >= 4 is 51.7 Å². The standard InChI is InChI=1S/C23H12Cl3N5O3/c24-13-4-7-15(8-5-13)30-21(18-9-6-14(25)10-19(18)26)28-22-20(23(30)32)27-12-29(22)16-2-1-3-17(11-16)31(33)34/h1-12H. The Labute approximate surface area is 206 Å². The van der Waals surface area contributed by atoms with Gasteiger partial charge in [-0.15, -0.1) is 0 Å². The smallest absolute Gasteiger partial charge is 0.283 e. The summed E-state index contributed by atoms with van der Waals surface area (Å²) in [4.78, 5) is 33.4. The zero-order valence-corrected chi connectivity index (χ0v) is 19.3. The maximum Gasteiger partial charge on any atom is 0.286 e. The minimum absolute atomic E-state index is 0.0790. The van der Waals surface area contributed by atoms with Crippen LogP contribution in [0.3, 0.4) is 0 Å². The lowest BCUT2D eigenvalue weighted by molar-refractivity contribution is -0.384. The zero-order chi connectivity index (χ0) is 24.0. The molecule has 0 unspecified atom stereocenters. The monoisotopic (exact) mass is 511 g/mol. The molecule has 3 aromatic carbocycles. The summed E-state index contributed by atoms with van der Waals surface area (Å²) in [7, 11) is 0. The molecule has 0 aliphatic rings. The summed E-state index contributed by atoms with van der Waals surface area (Å²) >= 11 is 18.6. The highest BCUT2D eigenvalue weighted by atomic mass is 35.5. The maximum absolute atomic E-state index is 13.6. The molecular formula is C23H12Cl3N5O3. The largest absolute Gasteiger partial charge is 0.286 e. The Hall–Kier alpha value is -3.72. The number of nitrogens with zero attached hydrogens (tertiary/aromatic N) is 5. The van der Waals surface area contributed by atoms with Gasteiger partial charge in [-0.25, -0.2) is 9.97 Å². The van der Waals surface area contributed by atoms with Crippen molar-refractivity contribution in [2.45, 2.75) is 0 Å². The minimum atomic E-state index is -0.498. The number of nitro groups is 1. The van der Waals surface area contributed by atoms with Crippen molar-refractivity contribution < 1.29 is 4.92 Å². The highest BCUT2D eigenvalue weighted by Crippen LogP contribution is 2.31. The lowest BCUT2D eigenvalue weighted by Crippen LogP contribution is -2.22. The minimum Gasteiger partial charge on any atom is -0.283 e. The van der Waals surface area contributed by atoms with E-state index in [9.17, 15) is 14.9 Å². The summed E-state index contributed by atoms with van der Waals surface area (Å²) in [5.74, 6) is 0.244. The second-order valence-corrected chi connectivity index (χ2v) is 8.52. The highest BCUT2D eigenvalue weighted by molar-refractivity contribution is 6.36. The van der Waals surface area contributed by atoms with Crippen LogP contribution in [-0.4, -0.2) is 24.0 Å². The zero-order valence-electron chi connectivity index (χ0n) is 17.0. The van der Waals surface area contributed by atoms with Gasteiger partial charge in [0.15, 0.2) is 17.0 Å². The van der Waals surface area contributed by atoms with Crippen LogP contribution >= 0.6 is 34.8 Å². The average Bonchev–Trinajstić information content (AvgIpc) is 3.24. The molecule has 0 spiro atoms. The lowest BCUT2D eigenvalue weighted by atomic mass is 10.2. The van der Waals surface area contributed by atoms with Gasteiger partial charge in [-0.2, -0.15) is 0 Å². The number of benzene rings is 3. The van der Waals surface area contributed by atoms with E-state index in [4.69, 9.17) is 39.8 Å². The Bertz CT molecular complexity index is 1640. The molecule has 0 aliphatic carbocycles. The first kappa shape index (κ1) is 22.1. The van der Waals surface area contributed by atoms with Gasteiger partial charge in [0.2, 0.25) is 0 Å². The molecule has 0 radical (unpaired) electrons. The van der Waals surface area contributed by atoms with Crippen molar-refractivity contribution in [2.75, 3.05) is 0 Å². The Morgan fingerprint density at radius 2 is 1.62 bits per heavy atom. The van der Waals surface area contributed by atoms with Crippen LogP contribution in [0.4, 0.5) is 5.69 Å². The molecule has 8 nitrogen and oxygen atoms in total. The van der Waals surface area contributed by atoms with E-state index in [1.165, 1.54) is 27.6 Å². The van der Waals surface area contributed by atoms with Gasteiger partial charge in [0.1, 0.15) is 6.33 Å². The van der Waals surface area contributed by atoms with Crippen LogP contribution in [0.15, 0.2) is 77.9 Å². The second kappa shape index (κ2) is 8.57. The summed E-state index contributed by atoms with van der Waals surface area (Å²) in [6.07, 6.45) is 1.40. The first-order valence-electron chi connectivity index (χ1n) is 9.80. The molecule has 2 aromatic heterocycles. The van der Waals surface area contributed by atoms with Crippen molar-refractivity contribution in [1.82, 2.24) is 19.1 Å². The summed E-state index contributed by atoms with van der Waals surface area (Å²) < 4.78 is 2.90. The van der Waals surface area contributed by atoms with Gasteiger partial charge in [0.05, 0.1) is 21.3 Å². The number of halogens is 3. The molecule has 0 aliphatic heterocycles. The van der Waals surface area contributed by atoms with E-state index >= 15 is 0 Å². The van der Waals surface area contributed by atoms with Crippen LogP contribution in [0.5, 0.6) is 0 Å². The SMILES string of the molecule is O=c1c2ncn(-c3cccc([N+](=O)[O-])c3)c2nc(-c2ccc(Cl)cc2Cl)n1-c1ccc(Cl)cc1. The number of non-ortho nitro benzene ring substituents is 1. The number of rotatable bonds is 4. The first-order valence-corrected chi connectivity index (χ1v) is 10.9. The normalized spacial score (nSPS) is 11.1. The molecule has 5 aromatic rings. The van der Waals surface area contributed by atoms with Crippen LogP contribution in [0.2, 0.25) is 15.1 Å². The molecule has 34 heavy (non-hydrogen) atoms. The van der Waals surface area contributed by atoms with Gasteiger partial charge < -0.3 is 0 Å². The van der Waals surface area contributed by atoms with Crippen LogP contribution in [0, 0.1) is 10.1 Å². The van der Waals surface area contributed by atoms with Gasteiger partial charge >= 0.3 is 0 Å². The summed E-state index contributed by atoms with van der Waals surface area (Å²) in [5.41, 5.74) is 1.15. The molecule has 0 amide bonds. The lowest BCUT2D eigenvalue weighted by Gasteiger charge is -2.14. The second-order valence-electron chi connectivity index (χ2n) is 7.24. The van der Waals surface area contributed by atoms with Crippen LogP contribution < -0.4 is 5.56 Å². The fraction of sp³-hybridized carbons (Fsp3) is 0. The number of hydrogen-bond donors (Lipinski definition) is 0. The van der Waals surface area contributed by atoms with Crippen molar-refractivity contribution in [3.63, 3.8) is 0 Å². The van der Waals surface area contributed by atoms with Crippen LogP contribution in [0.1, 0.15) is 0 Å². The van der Waals surface area contributed by atoms with Crippen molar-refractivity contribution in [2.24, 2.45) is 0 Å². The van der Waals surface area contributed by atoms with Gasteiger partial charge in [0, 0.05) is 27.7 Å². The number of hydrogen-bond acceptors (Lipinski definition) is 5. The van der Waals surface area contributed by atoms with Gasteiger partial charge in [-0.3, -0.25) is 24.0 Å². The van der Waals surface area contributed by atoms with E-state index in [1.54, 1.807) is 54.6 Å². The number of nitro benzene ring substituents is 1. The third-order valence-corrected chi connectivity index (χ3v) is 5.95. The van der Waals surface area contributed by atoms with Gasteiger partial charge in [0.25, 0.3) is 11.2 Å². The Morgan fingerprint density at radius 3 is 2.32 bits per heavy atom. The van der Waals surface area contributed by atoms with Gasteiger partial charge in [-0.05, 0) is 48.5 Å². The Morgan fingerprint density at radius 1 is 0.882 bits per heavy atom. The molecular weight excluding hydrogens is 501 g/mol. The van der Waals surface area contributed by atoms with Crippen molar-refractivity contribution in [3.8, 4) is 22.8 Å². The number of imidazole rings is 1. The summed E-state index contributed by atoms with van der Waals surface area (Å²) in [5, 5.41) is 12.5. The van der Waals surface area contributed by atoms with E-state index < -0.39 is 10.5 Å². The van der Waals surface area contributed by atoms with E-state index in [0.29, 0.717) is 32.0 Å². The molecule has 11 heteroatoms. The molecule has 0 N–H and O–H groups in total. The van der Waals surface area contributed by atoms with E-state index in [-0.39, 0.29) is 22.7 Å². The van der Waals surface area contributed by atoms with Crippen LogP contribution in [0.25, 0.3) is 33.9 Å². The molecule has 0 fully saturated rings.